The number of hydrogen-bond donors (Lipinski definition) is 1. The first-order valence-electron chi connectivity index (χ1n) is 4.82. The van der Waals surface area contributed by atoms with Crippen LogP contribution in [0.15, 0.2) is 31.0 Å². The molecule has 2 aromatic heterocycles. The lowest BCUT2D eigenvalue weighted by molar-refractivity contribution is 0.742. The number of imidazole rings is 1. The molecule has 0 saturated heterocycles. The zero-order valence-electron chi connectivity index (χ0n) is 8.88. The zero-order chi connectivity index (χ0) is 10.8. The van der Waals surface area contributed by atoms with Gasteiger partial charge in [-0.3, -0.25) is 4.98 Å². The number of rotatable bonds is 2. The first kappa shape index (κ1) is 9.86. The van der Waals surface area contributed by atoms with Gasteiger partial charge in [0, 0.05) is 19.4 Å². The summed E-state index contributed by atoms with van der Waals surface area (Å²) in [7, 11) is 1.94. The molecule has 0 bridgehead atoms. The van der Waals surface area contributed by atoms with E-state index in [1.54, 1.807) is 18.7 Å². The summed E-state index contributed by atoms with van der Waals surface area (Å²) in [5.74, 6) is 0. The minimum Gasteiger partial charge on any atom is -0.336 e. The number of aromatic nitrogens is 3. The summed E-state index contributed by atoms with van der Waals surface area (Å²) in [6, 6.07) is 1.88. The van der Waals surface area contributed by atoms with Crippen molar-refractivity contribution in [2.45, 2.75) is 13.0 Å². The van der Waals surface area contributed by atoms with E-state index in [2.05, 4.69) is 9.97 Å². The summed E-state index contributed by atoms with van der Waals surface area (Å²) in [5, 5.41) is 0. The molecule has 0 fully saturated rings. The topological polar surface area (TPSA) is 56.7 Å². The van der Waals surface area contributed by atoms with Crippen LogP contribution in [-0.4, -0.2) is 14.5 Å². The van der Waals surface area contributed by atoms with E-state index in [9.17, 15) is 0 Å². The van der Waals surface area contributed by atoms with Crippen LogP contribution in [0.1, 0.15) is 22.9 Å². The Kier molecular flexibility index (Phi) is 2.51. The summed E-state index contributed by atoms with van der Waals surface area (Å²) in [6.45, 7) is 2.01. The van der Waals surface area contributed by atoms with Crippen molar-refractivity contribution in [2.75, 3.05) is 0 Å². The molecule has 2 heterocycles. The maximum absolute atomic E-state index is 6.13. The van der Waals surface area contributed by atoms with Gasteiger partial charge in [-0.2, -0.15) is 0 Å². The van der Waals surface area contributed by atoms with Crippen LogP contribution in [0.5, 0.6) is 0 Å². The van der Waals surface area contributed by atoms with Crippen molar-refractivity contribution in [1.29, 1.82) is 0 Å². The minimum atomic E-state index is -0.162. The summed E-state index contributed by atoms with van der Waals surface area (Å²) < 4.78 is 1.92. The van der Waals surface area contributed by atoms with E-state index in [1.807, 2.05) is 30.8 Å². The van der Waals surface area contributed by atoms with Gasteiger partial charge < -0.3 is 10.3 Å². The lowest BCUT2D eigenvalue weighted by Crippen LogP contribution is -2.15. The van der Waals surface area contributed by atoms with E-state index in [0.717, 1.165) is 16.8 Å². The molecule has 2 aromatic rings. The van der Waals surface area contributed by atoms with Crippen molar-refractivity contribution in [3.63, 3.8) is 0 Å². The Morgan fingerprint density at radius 1 is 1.27 bits per heavy atom. The second-order valence-electron chi connectivity index (χ2n) is 3.70. The molecule has 2 rings (SSSR count). The van der Waals surface area contributed by atoms with Gasteiger partial charge in [-0.25, -0.2) is 4.98 Å². The van der Waals surface area contributed by atoms with E-state index in [0.29, 0.717) is 0 Å². The Hall–Kier alpha value is -1.68. The van der Waals surface area contributed by atoms with Gasteiger partial charge in [-0.15, -0.1) is 0 Å². The normalized spacial score (nSPS) is 12.7. The molecule has 78 valence electrons. The molecule has 0 aliphatic heterocycles. The Morgan fingerprint density at radius 2 is 2.07 bits per heavy atom. The van der Waals surface area contributed by atoms with Crippen LogP contribution in [0.4, 0.5) is 0 Å². The summed E-state index contributed by atoms with van der Waals surface area (Å²) in [5.41, 5.74) is 9.25. The minimum absolute atomic E-state index is 0.162. The predicted molar refractivity (Wildman–Crippen MR) is 58.2 cm³/mol. The van der Waals surface area contributed by atoms with Gasteiger partial charge in [0.05, 0.1) is 24.3 Å². The molecule has 4 heteroatoms. The first-order chi connectivity index (χ1) is 7.18. The SMILES string of the molecule is Cc1cncc(C(N)c2cncn2C)c1. The third-order valence-corrected chi connectivity index (χ3v) is 2.43. The maximum Gasteiger partial charge on any atom is 0.0946 e. The second-order valence-corrected chi connectivity index (χ2v) is 3.70. The highest BCUT2D eigenvalue weighted by Crippen LogP contribution is 2.18. The number of nitrogens with two attached hydrogens (primary N) is 1. The van der Waals surface area contributed by atoms with E-state index in [1.165, 1.54) is 0 Å². The molecule has 0 saturated carbocycles. The molecule has 0 spiro atoms. The van der Waals surface area contributed by atoms with Gasteiger partial charge in [0.15, 0.2) is 0 Å². The van der Waals surface area contributed by atoms with Crippen LogP contribution in [0.2, 0.25) is 0 Å². The van der Waals surface area contributed by atoms with Gasteiger partial charge in [0.2, 0.25) is 0 Å². The van der Waals surface area contributed by atoms with Crippen LogP contribution in [0.25, 0.3) is 0 Å². The molecule has 15 heavy (non-hydrogen) atoms. The van der Waals surface area contributed by atoms with Gasteiger partial charge in [-0.1, -0.05) is 6.07 Å². The first-order valence-corrected chi connectivity index (χ1v) is 4.82. The highest BCUT2D eigenvalue weighted by Gasteiger charge is 2.12. The van der Waals surface area contributed by atoms with Crippen LogP contribution < -0.4 is 5.73 Å². The molecule has 1 unspecified atom stereocenters. The van der Waals surface area contributed by atoms with E-state index < -0.39 is 0 Å². The molecule has 1 atom stereocenters. The smallest absolute Gasteiger partial charge is 0.0946 e. The summed E-state index contributed by atoms with van der Waals surface area (Å²) in [6.07, 6.45) is 7.15. The third kappa shape index (κ3) is 1.89. The zero-order valence-corrected chi connectivity index (χ0v) is 8.88. The molecule has 0 aliphatic rings. The number of nitrogens with zero attached hydrogens (tertiary/aromatic N) is 3. The van der Waals surface area contributed by atoms with Gasteiger partial charge in [0.25, 0.3) is 0 Å². The van der Waals surface area contributed by atoms with Crippen LogP contribution in [0.3, 0.4) is 0 Å². The Morgan fingerprint density at radius 3 is 2.67 bits per heavy atom. The Bertz CT molecular complexity index is 461. The highest BCUT2D eigenvalue weighted by atomic mass is 15.0. The largest absolute Gasteiger partial charge is 0.336 e. The molecule has 0 amide bonds. The van der Waals surface area contributed by atoms with Gasteiger partial charge >= 0.3 is 0 Å². The van der Waals surface area contributed by atoms with Crippen molar-refractivity contribution in [2.24, 2.45) is 12.8 Å². The lowest BCUT2D eigenvalue weighted by atomic mass is 10.1. The van der Waals surface area contributed by atoms with E-state index in [-0.39, 0.29) is 6.04 Å². The molecular formula is C11H14N4. The Balaban J connectivity index is 2.36. The fourth-order valence-corrected chi connectivity index (χ4v) is 1.59. The highest BCUT2D eigenvalue weighted by molar-refractivity contribution is 5.26. The monoisotopic (exact) mass is 202 g/mol. The third-order valence-electron chi connectivity index (χ3n) is 2.43. The standard InChI is InChI=1S/C11H14N4/c1-8-3-9(5-13-4-8)11(12)10-6-14-7-15(10)2/h3-7,11H,12H2,1-2H3. The molecular weight excluding hydrogens is 188 g/mol. The average Bonchev–Trinajstić information content (AvgIpc) is 2.63. The fourth-order valence-electron chi connectivity index (χ4n) is 1.59. The van der Waals surface area contributed by atoms with Crippen LogP contribution >= 0.6 is 0 Å². The van der Waals surface area contributed by atoms with Gasteiger partial charge in [-0.05, 0) is 18.1 Å². The van der Waals surface area contributed by atoms with Gasteiger partial charge in [0.1, 0.15) is 0 Å². The molecule has 0 aliphatic carbocycles. The quantitative estimate of drug-likeness (QED) is 0.795. The predicted octanol–water partition coefficient (Wildman–Crippen LogP) is 1.17. The van der Waals surface area contributed by atoms with Crippen molar-refractivity contribution in [1.82, 2.24) is 14.5 Å². The average molecular weight is 202 g/mol. The maximum atomic E-state index is 6.13. The summed E-state index contributed by atoms with van der Waals surface area (Å²) in [4.78, 5) is 8.19. The number of pyridine rings is 1. The number of aryl methyl sites for hydroxylation is 2. The van der Waals surface area contributed by atoms with Crippen molar-refractivity contribution in [3.8, 4) is 0 Å². The van der Waals surface area contributed by atoms with Crippen LogP contribution in [-0.2, 0) is 7.05 Å². The van der Waals surface area contributed by atoms with E-state index in [4.69, 9.17) is 5.73 Å². The molecule has 4 nitrogen and oxygen atoms in total. The van der Waals surface area contributed by atoms with Crippen molar-refractivity contribution >= 4 is 0 Å². The van der Waals surface area contributed by atoms with E-state index >= 15 is 0 Å². The number of hydrogen-bond acceptors (Lipinski definition) is 3. The summed E-state index contributed by atoms with van der Waals surface area (Å²) >= 11 is 0. The van der Waals surface area contributed by atoms with Crippen LogP contribution in [0, 0.1) is 6.92 Å². The second kappa shape index (κ2) is 3.82. The molecule has 0 radical (unpaired) electrons. The molecule has 2 N–H and O–H groups in total. The van der Waals surface area contributed by atoms with Crippen molar-refractivity contribution in [3.05, 3.63) is 47.8 Å². The Labute approximate surface area is 88.8 Å². The fraction of sp³-hybridized carbons (Fsp3) is 0.273. The lowest BCUT2D eigenvalue weighted by Gasteiger charge is -2.12. The van der Waals surface area contributed by atoms with Crippen molar-refractivity contribution < 1.29 is 0 Å². The molecule has 0 aromatic carbocycles.